The molecule has 5 heteroatoms. The Labute approximate surface area is 144 Å². The molecule has 0 fully saturated rings. The van der Waals surface area contributed by atoms with E-state index in [2.05, 4.69) is 0 Å². The Balaban J connectivity index is 2.68. The average molecular weight is 336 g/mol. The Morgan fingerprint density at radius 3 is 2.12 bits per heavy atom. The molecular formula is C19H28O5. The molecule has 0 bridgehead atoms. The third-order valence-corrected chi connectivity index (χ3v) is 3.83. The number of carbonyl (C=O) groups is 2. The van der Waals surface area contributed by atoms with E-state index in [1.807, 2.05) is 30.3 Å². The van der Waals surface area contributed by atoms with Crippen molar-refractivity contribution in [3.05, 3.63) is 35.9 Å². The Hall–Kier alpha value is -1.72. The first-order valence-corrected chi connectivity index (χ1v) is 8.10. The van der Waals surface area contributed by atoms with Crippen molar-refractivity contribution in [1.29, 1.82) is 0 Å². The lowest BCUT2D eigenvalue weighted by Gasteiger charge is -2.32. The topological polar surface area (TPSA) is 72.8 Å². The normalized spacial score (nSPS) is 16.8. The SMILES string of the molecule is C[C@H](OCc1ccccc1)C(=O)[C@@H](C)[C@@](C)(O)C(=O)OC(C)(C)C. The third kappa shape index (κ3) is 5.73. The molecule has 1 aromatic carbocycles. The molecule has 0 saturated carbocycles. The van der Waals surface area contributed by atoms with Crippen molar-refractivity contribution < 1.29 is 24.2 Å². The molecule has 0 radical (unpaired) electrons. The van der Waals surface area contributed by atoms with Crippen LogP contribution in [0.15, 0.2) is 30.3 Å². The van der Waals surface area contributed by atoms with Gasteiger partial charge in [-0.05, 0) is 40.2 Å². The fourth-order valence-corrected chi connectivity index (χ4v) is 2.06. The van der Waals surface area contributed by atoms with Crippen LogP contribution in [0.2, 0.25) is 0 Å². The second-order valence-electron chi connectivity index (χ2n) is 7.21. The Morgan fingerprint density at radius 2 is 1.62 bits per heavy atom. The Bertz CT molecular complexity index is 557. The number of ether oxygens (including phenoxy) is 2. The maximum Gasteiger partial charge on any atom is 0.339 e. The highest BCUT2D eigenvalue weighted by molar-refractivity contribution is 5.92. The van der Waals surface area contributed by atoms with E-state index in [9.17, 15) is 14.7 Å². The zero-order valence-corrected chi connectivity index (χ0v) is 15.3. The lowest BCUT2D eigenvalue weighted by atomic mass is 9.85. The number of Topliss-reactive ketones (excluding diaryl/α,β-unsaturated/α-hetero) is 1. The molecule has 134 valence electrons. The molecule has 1 aromatic rings. The predicted molar refractivity (Wildman–Crippen MR) is 91.3 cm³/mol. The van der Waals surface area contributed by atoms with Crippen LogP contribution >= 0.6 is 0 Å². The van der Waals surface area contributed by atoms with E-state index in [-0.39, 0.29) is 12.4 Å². The van der Waals surface area contributed by atoms with Crippen LogP contribution in [-0.4, -0.2) is 34.2 Å². The fourth-order valence-electron chi connectivity index (χ4n) is 2.06. The van der Waals surface area contributed by atoms with Gasteiger partial charge in [-0.3, -0.25) is 4.79 Å². The Morgan fingerprint density at radius 1 is 1.08 bits per heavy atom. The molecule has 0 unspecified atom stereocenters. The smallest absolute Gasteiger partial charge is 0.339 e. The highest BCUT2D eigenvalue weighted by Gasteiger charge is 2.44. The molecule has 0 aliphatic carbocycles. The lowest BCUT2D eigenvalue weighted by Crippen LogP contribution is -2.50. The minimum absolute atomic E-state index is 0.287. The molecule has 0 heterocycles. The summed E-state index contributed by atoms with van der Waals surface area (Å²) in [5.41, 5.74) is -1.70. The molecule has 0 aliphatic rings. The summed E-state index contributed by atoms with van der Waals surface area (Å²) in [5, 5.41) is 10.5. The quantitative estimate of drug-likeness (QED) is 0.775. The highest BCUT2D eigenvalue weighted by Crippen LogP contribution is 2.24. The highest BCUT2D eigenvalue weighted by atomic mass is 16.6. The van der Waals surface area contributed by atoms with Crippen LogP contribution < -0.4 is 0 Å². The minimum atomic E-state index is -1.91. The van der Waals surface area contributed by atoms with Gasteiger partial charge in [0.1, 0.15) is 11.7 Å². The van der Waals surface area contributed by atoms with Gasteiger partial charge in [0.15, 0.2) is 11.4 Å². The molecule has 0 aromatic heterocycles. The predicted octanol–water partition coefficient (Wildman–Crippen LogP) is 2.89. The van der Waals surface area contributed by atoms with E-state index in [0.717, 1.165) is 5.56 Å². The van der Waals surface area contributed by atoms with Crippen LogP contribution in [0.5, 0.6) is 0 Å². The summed E-state index contributed by atoms with van der Waals surface area (Å²) in [4.78, 5) is 24.7. The van der Waals surface area contributed by atoms with Crippen molar-refractivity contribution >= 4 is 11.8 Å². The van der Waals surface area contributed by atoms with Gasteiger partial charge in [-0.15, -0.1) is 0 Å². The van der Waals surface area contributed by atoms with Gasteiger partial charge in [0.25, 0.3) is 0 Å². The summed E-state index contributed by atoms with van der Waals surface area (Å²) in [6, 6.07) is 9.48. The van der Waals surface area contributed by atoms with Crippen molar-refractivity contribution in [2.45, 2.75) is 65.5 Å². The summed E-state index contributed by atoms with van der Waals surface area (Å²) in [6.07, 6.45) is -0.742. The first kappa shape index (κ1) is 20.3. The van der Waals surface area contributed by atoms with Gasteiger partial charge in [-0.1, -0.05) is 37.3 Å². The summed E-state index contributed by atoms with van der Waals surface area (Å²) in [6.45, 7) is 9.83. The molecule has 1 rings (SSSR count). The van der Waals surface area contributed by atoms with Crippen LogP contribution in [0, 0.1) is 5.92 Å². The third-order valence-electron chi connectivity index (χ3n) is 3.83. The van der Waals surface area contributed by atoms with Crippen LogP contribution in [0.4, 0.5) is 0 Å². The van der Waals surface area contributed by atoms with Gasteiger partial charge in [0, 0.05) is 0 Å². The largest absolute Gasteiger partial charge is 0.458 e. The van der Waals surface area contributed by atoms with Gasteiger partial charge in [-0.2, -0.15) is 0 Å². The van der Waals surface area contributed by atoms with E-state index >= 15 is 0 Å². The lowest BCUT2D eigenvalue weighted by molar-refractivity contribution is -0.183. The molecule has 1 N–H and O–H groups in total. The number of hydrogen-bond donors (Lipinski definition) is 1. The minimum Gasteiger partial charge on any atom is -0.458 e. The number of esters is 1. The van der Waals surface area contributed by atoms with E-state index in [1.165, 1.54) is 13.8 Å². The second kappa shape index (κ2) is 7.90. The summed E-state index contributed by atoms with van der Waals surface area (Å²) < 4.78 is 10.8. The van der Waals surface area contributed by atoms with Gasteiger partial charge < -0.3 is 14.6 Å². The fraction of sp³-hybridized carbons (Fsp3) is 0.579. The number of rotatable bonds is 7. The zero-order chi connectivity index (χ0) is 18.5. The molecule has 0 amide bonds. The van der Waals surface area contributed by atoms with E-state index in [4.69, 9.17) is 9.47 Å². The van der Waals surface area contributed by atoms with Gasteiger partial charge >= 0.3 is 5.97 Å². The summed E-state index contributed by atoms with van der Waals surface area (Å²) in [7, 11) is 0. The van der Waals surface area contributed by atoms with Gasteiger partial charge in [-0.25, -0.2) is 4.79 Å². The molecule has 0 spiro atoms. The average Bonchev–Trinajstić information content (AvgIpc) is 2.50. The van der Waals surface area contributed by atoms with Crippen LogP contribution in [-0.2, 0) is 25.7 Å². The molecule has 0 aliphatic heterocycles. The standard InChI is InChI=1S/C19H28O5/c1-13(19(6,22)17(21)24-18(3,4)5)16(20)14(2)23-12-15-10-8-7-9-11-15/h7-11,13-14,22H,12H2,1-6H3/t13-,14+,19-/m1/s1. The number of ketones is 1. The van der Waals surface area contributed by atoms with Crippen LogP contribution in [0.25, 0.3) is 0 Å². The van der Waals surface area contributed by atoms with Crippen molar-refractivity contribution in [2.75, 3.05) is 0 Å². The maximum atomic E-state index is 12.5. The van der Waals surface area contributed by atoms with Crippen LogP contribution in [0.1, 0.15) is 47.1 Å². The number of carbonyl (C=O) groups excluding carboxylic acids is 2. The maximum absolute atomic E-state index is 12.5. The van der Waals surface area contributed by atoms with Crippen molar-refractivity contribution in [1.82, 2.24) is 0 Å². The van der Waals surface area contributed by atoms with Crippen molar-refractivity contribution in [2.24, 2.45) is 5.92 Å². The van der Waals surface area contributed by atoms with Gasteiger partial charge in [0.2, 0.25) is 0 Å². The van der Waals surface area contributed by atoms with Crippen LogP contribution in [0.3, 0.4) is 0 Å². The number of benzene rings is 1. The van der Waals surface area contributed by atoms with E-state index in [0.29, 0.717) is 0 Å². The molecule has 24 heavy (non-hydrogen) atoms. The number of aliphatic hydroxyl groups is 1. The zero-order valence-electron chi connectivity index (χ0n) is 15.3. The van der Waals surface area contributed by atoms with Gasteiger partial charge in [0.05, 0.1) is 12.5 Å². The molecule has 5 nitrogen and oxygen atoms in total. The first-order chi connectivity index (χ1) is 10.9. The van der Waals surface area contributed by atoms with Crippen molar-refractivity contribution in [3.8, 4) is 0 Å². The molecule has 0 saturated heterocycles. The number of hydrogen-bond acceptors (Lipinski definition) is 5. The van der Waals surface area contributed by atoms with Crippen molar-refractivity contribution in [3.63, 3.8) is 0 Å². The molecular weight excluding hydrogens is 308 g/mol. The summed E-state index contributed by atoms with van der Waals surface area (Å²) >= 11 is 0. The van der Waals surface area contributed by atoms with E-state index < -0.39 is 29.2 Å². The Kier molecular flexibility index (Phi) is 6.69. The first-order valence-electron chi connectivity index (χ1n) is 8.10. The summed E-state index contributed by atoms with van der Waals surface area (Å²) in [5.74, 6) is -2.11. The van der Waals surface area contributed by atoms with E-state index in [1.54, 1.807) is 27.7 Å². The molecule has 3 atom stereocenters. The monoisotopic (exact) mass is 336 g/mol. The second-order valence-corrected chi connectivity index (χ2v) is 7.21.